The lowest BCUT2D eigenvalue weighted by Crippen LogP contribution is -2.21. The van der Waals surface area contributed by atoms with E-state index < -0.39 is 0 Å². The number of benzene rings is 2. The van der Waals surface area contributed by atoms with Crippen molar-refractivity contribution >= 4 is 34.0 Å². The molecule has 0 atom stereocenters. The van der Waals surface area contributed by atoms with Crippen LogP contribution < -0.4 is 16.0 Å². The van der Waals surface area contributed by atoms with Crippen molar-refractivity contribution in [3.05, 3.63) is 83.0 Å². The molecule has 3 amide bonds. The number of thiophene rings is 1. The highest BCUT2D eigenvalue weighted by Gasteiger charge is 2.11. The highest BCUT2D eigenvalue weighted by Crippen LogP contribution is 2.22. The number of hydrogen-bond acceptors (Lipinski definition) is 3. The average molecular weight is 369 g/mol. The van der Waals surface area contributed by atoms with Crippen LogP contribution in [0.3, 0.4) is 0 Å². The molecule has 1 heterocycles. The fourth-order valence-electron chi connectivity index (χ4n) is 2.24. The molecule has 0 aliphatic carbocycles. The number of nitrogens with one attached hydrogen (secondary N) is 3. The van der Waals surface area contributed by atoms with Crippen molar-refractivity contribution < 1.29 is 14.0 Å². The quantitative estimate of drug-likeness (QED) is 0.621. The number of anilines is 2. The molecule has 132 valence electrons. The highest BCUT2D eigenvalue weighted by atomic mass is 32.1. The van der Waals surface area contributed by atoms with Crippen molar-refractivity contribution in [3.63, 3.8) is 0 Å². The summed E-state index contributed by atoms with van der Waals surface area (Å²) in [7, 11) is 0. The summed E-state index contributed by atoms with van der Waals surface area (Å²) in [5, 5.41) is 8.66. The van der Waals surface area contributed by atoms with E-state index in [0.29, 0.717) is 21.1 Å². The Hall–Kier alpha value is -3.19. The maximum absolute atomic E-state index is 13.1. The van der Waals surface area contributed by atoms with E-state index in [2.05, 4.69) is 16.0 Å². The summed E-state index contributed by atoms with van der Waals surface area (Å²) in [5.74, 6) is -0.625. The predicted molar refractivity (Wildman–Crippen MR) is 101 cm³/mol. The first-order valence-corrected chi connectivity index (χ1v) is 8.67. The van der Waals surface area contributed by atoms with Crippen LogP contribution in [0.2, 0.25) is 0 Å². The van der Waals surface area contributed by atoms with E-state index in [0.717, 1.165) is 11.3 Å². The number of halogens is 1. The fraction of sp³-hybridized carbons (Fsp3) is 0.0526. The van der Waals surface area contributed by atoms with E-state index in [1.54, 1.807) is 36.4 Å². The molecule has 0 radical (unpaired) electrons. The van der Waals surface area contributed by atoms with Crippen LogP contribution in [0.1, 0.15) is 15.2 Å². The van der Waals surface area contributed by atoms with Crippen LogP contribution in [0.25, 0.3) is 0 Å². The molecule has 0 aliphatic rings. The maximum Gasteiger partial charge on any atom is 0.324 e. The van der Waals surface area contributed by atoms with Crippen molar-refractivity contribution in [2.45, 2.75) is 6.54 Å². The third-order valence-corrected chi connectivity index (χ3v) is 4.44. The standard InChI is InChI=1S/C19H16FN3O2S/c20-14-6-4-5-13(11-14)12-21-18(24)16-9-10-17(26-16)23-19(25)22-15-7-2-1-3-8-15/h1-11H,12H2,(H,21,24)(H2,22,23,25). The van der Waals surface area contributed by atoms with Gasteiger partial charge in [0.15, 0.2) is 0 Å². The number of carbonyl (C=O) groups is 2. The van der Waals surface area contributed by atoms with Gasteiger partial charge in [0.05, 0.1) is 9.88 Å². The van der Waals surface area contributed by atoms with E-state index in [1.165, 1.54) is 12.1 Å². The summed E-state index contributed by atoms with van der Waals surface area (Å²) in [4.78, 5) is 24.6. The van der Waals surface area contributed by atoms with Gasteiger partial charge in [-0.05, 0) is 42.0 Å². The number of hydrogen-bond donors (Lipinski definition) is 3. The summed E-state index contributed by atoms with van der Waals surface area (Å²) >= 11 is 1.16. The van der Waals surface area contributed by atoms with Gasteiger partial charge in [-0.2, -0.15) is 0 Å². The Morgan fingerprint density at radius 2 is 1.73 bits per heavy atom. The fourth-order valence-corrected chi connectivity index (χ4v) is 3.06. The summed E-state index contributed by atoms with van der Waals surface area (Å²) in [6, 6.07) is 18.0. The molecular formula is C19H16FN3O2S. The summed E-state index contributed by atoms with van der Waals surface area (Å²) in [6.45, 7) is 0.228. The SMILES string of the molecule is O=C(Nc1ccccc1)Nc1ccc(C(=O)NCc2cccc(F)c2)s1. The summed E-state index contributed by atoms with van der Waals surface area (Å²) in [6.07, 6.45) is 0. The van der Waals surface area contributed by atoms with Crippen LogP contribution in [0.4, 0.5) is 19.9 Å². The lowest BCUT2D eigenvalue weighted by atomic mass is 10.2. The van der Waals surface area contributed by atoms with Crippen molar-refractivity contribution in [1.82, 2.24) is 5.32 Å². The zero-order valence-corrected chi connectivity index (χ0v) is 14.5. The Kier molecular flexibility index (Phi) is 5.60. The predicted octanol–water partition coefficient (Wildman–Crippen LogP) is 4.46. The first-order valence-electron chi connectivity index (χ1n) is 7.86. The molecule has 26 heavy (non-hydrogen) atoms. The molecule has 3 N–H and O–H groups in total. The van der Waals surface area contributed by atoms with Gasteiger partial charge in [-0.15, -0.1) is 11.3 Å². The minimum Gasteiger partial charge on any atom is -0.347 e. The van der Waals surface area contributed by atoms with Gasteiger partial charge < -0.3 is 10.6 Å². The first kappa shape index (κ1) is 17.6. The second kappa shape index (κ2) is 8.26. The smallest absolute Gasteiger partial charge is 0.324 e. The van der Waals surface area contributed by atoms with Gasteiger partial charge >= 0.3 is 6.03 Å². The second-order valence-corrected chi connectivity index (χ2v) is 6.51. The number of carbonyl (C=O) groups excluding carboxylic acids is 2. The maximum atomic E-state index is 13.1. The average Bonchev–Trinajstić information content (AvgIpc) is 3.09. The Bertz CT molecular complexity index is 912. The van der Waals surface area contributed by atoms with Crippen molar-refractivity contribution in [3.8, 4) is 0 Å². The Morgan fingerprint density at radius 1 is 0.923 bits per heavy atom. The van der Waals surface area contributed by atoms with Crippen LogP contribution in [0.15, 0.2) is 66.7 Å². The van der Waals surface area contributed by atoms with Gasteiger partial charge in [0.1, 0.15) is 5.82 Å². The van der Waals surface area contributed by atoms with Crippen molar-refractivity contribution in [2.75, 3.05) is 10.6 Å². The molecule has 0 aliphatic heterocycles. The minimum atomic E-state index is -0.384. The van der Waals surface area contributed by atoms with Gasteiger partial charge in [-0.25, -0.2) is 9.18 Å². The van der Waals surface area contributed by atoms with E-state index in [1.807, 2.05) is 18.2 Å². The van der Waals surface area contributed by atoms with Crippen LogP contribution in [-0.2, 0) is 6.54 Å². The molecule has 0 fully saturated rings. The van der Waals surface area contributed by atoms with Crippen molar-refractivity contribution in [2.24, 2.45) is 0 Å². The Labute approximate surface area is 153 Å². The Balaban J connectivity index is 1.53. The van der Waals surface area contributed by atoms with E-state index in [9.17, 15) is 14.0 Å². The van der Waals surface area contributed by atoms with Gasteiger partial charge in [-0.1, -0.05) is 30.3 Å². The van der Waals surface area contributed by atoms with Gasteiger partial charge in [0.25, 0.3) is 5.91 Å². The summed E-state index contributed by atoms with van der Waals surface area (Å²) < 4.78 is 13.1. The lowest BCUT2D eigenvalue weighted by Gasteiger charge is -2.05. The lowest BCUT2D eigenvalue weighted by molar-refractivity contribution is 0.0955. The normalized spacial score (nSPS) is 10.2. The summed E-state index contributed by atoms with van der Waals surface area (Å²) in [5.41, 5.74) is 1.35. The van der Waals surface area contributed by atoms with Crippen molar-refractivity contribution in [1.29, 1.82) is 0 Å². The number of para-hydroxylation sites is 1. The topological polar surface area (TPSA) is 70.2 Å². The molecule has 1 aromatic heterocycles. The molecule has 2 aromatic carbocycles. The molecule has 0 saturated heterocycles. The molecule has 7 heteroatoms. The molecule has 3 aromatic rings. The van der Waals surface area contributed by atoms with Crippen LogP contribution in [0.5, 0.6) is 0 Å². The second-order valence-electron chi connectivity index (χ2n) is 5.42. The van der Waals surface area contributed by atoms with E-state index in [4.69, 9.17) is 0 Å². The number of amides is 3. The molecule has 0 saturated carbocycles. The molecule has 0 unspecified atom stereocenters. The first-order chi connectivity index (χ1) is 12.6. The largest absolute Gasteiger partial charge is 0.347 e. The molecule has 5 nitrogen and oxygen atoms in total. The number of rotatable bonds is 5. The zero-order valence-electron chi connectivity index (χ0n) is 13.7. The monoisotopic (exact) mass is 369 g/mol. The third kappa shape index (κ3) is 4.90. The number of urea groups is 1. The molecule has 3 rings (SSSR count). The minimum absolute atomic E-state index is 0.228. The highest BCUT2D eigenvalue weighted by molar-refractivity contribution is 7.18. The molecule has 0 bridgehead atoms. The van der Waals surface area contributed by atoms with E-state index >= 15 is 0 Å². The third-order valence-electron chi connectivity index (χ3n) is 3.44. The zero-order chi connectivity index (χ0) is 18.4. The Morgan fingerprint density at radius 3 is 2.50 bits per heavy atom. The van der Waals surface area contributed by atoms with Gasteiger partial charge in [-0.3, -0.25) is 10.1 Å². The molecular weight excluding hydrogens is 353 g/mol. The van der Waals surface area contributed by atoms with Crippen LogP contribution in [0, 0.1) is 5.82 Å². The van der Waals surface area contributed by atoms with E-state index in [-0.39, 0.29) is 24.3 Å². The van der Waals surface area contributed by atoms with Gasteiger partial charge in [0.2, 0.25) is 0 Å². The van der Waals surface area contributed by atoms with Crippen LogP contribution in [-0.4, -0.2) is 11.9 Å². The van der Waals surface area contributed by atoms with Crippen LogP contribution >= 0.6 is 11.3 Å². The molecule has 0 spiro atoms. The van der Waals surface area contributed by atoms with Gasteiger partial charge in [0, 0.05) is 12.2 Å².